The fourth-order valence-corrected chi connectivity index (χ4v) is 2.76. The van der Waals surface area contributed by atoms with Gasteiger partial charge < -0.3 is 24.8 Å². The standard InChI is InChI=1S/C18H32N6O3.HI/c1-12(2)15-22-14(27-23-15)7-9-20-16(19-6)24-10-8-13(11-24)21-17(25)26-18(3,4)5;/h12-13H,7-11H2,1-6H3,(H,19,20)(H,21,25);1H. The van der Waals surface area contributed by atoms with Crippen molar-refractivity contribution < 1.29 is 14.1 Å². The Bertz CT molecular complexity index is 656. The Hall–Kier alpha value is -1.59. The number of likely N-dealkylation sites (tertiary alicyclic amines) is 1. The first kappa shape index (κ1) is 24.4. The normalized spacial score (nSPS) is 17.5. The molecule has 1 aromatic rings. The largest absolute Gasteiger partial charge is 0.444 e. The van der Waals surface area contributed by atoms with Gasteiger partial charge in [0, 0.05) is 39.0 Å². The zero-order valence-corrected chi connectivity index (χ0v) is 19.9. The molecule has 1 unspecified atom stereocenters. The summed E-state index contributed by atoms with van der Waals surface area (Å²) in [5.41, 5.74) is -0.496. The van der Waals surface area contributed by atoms with Gasteiger partial charge in [0.2, 0.25) is 5.89 Å². The molecule has 1 aliphatic rings. The Balaban J connectivity index is 0.00000392. The van der Waals surface area contributed by atoms with Crippen LogP contribution in [0.2, 0.25) is 0 Å². The van der Waals surface area contributed by atoms with Gasteiger partial charge in [-0.25, -0.2) is 4.79 Å². The first-order chi connectivity index (χ1) is 12.7. The highest BCUT2D eigenvalue weighted by atomic mass is 127. The Kier molecular flexibility index (Phi) is 9.45. The van der Waals surface area contributed by atoms with Crippen LogP contribution in [-0.4, -0.2) is 65.4 Å². The lowest BCUT2D eigenvalue weighted by atomic mass is 10.2. The van der Waals surface area contributed by atoms with Crippen LogP contribution in [0, 0.1) is 0 Å². The minimum absolute atomic E-state index is 0. The zero-order chi connectivity index (χ0) is 20.0. The van der Waals surface area contributed by atoms with Gasteiger partial charge in [0.05, 0.1) is 6.04 Å². The lowest BCUT2D eigenvalue weighted by Gasteiger charge is -2.23. The van der Waals surface area contributed by atoms with E-state index < -0.39 is 5.60 Å². The Morgan fingerprint density at radius 3 is 2.71 bits per heavy atom. The number of alkyl carbamates (subject to hydrolysis) is 1. The van der Waals surface area contributed by atoms with Gasteiger partial charge in [-0.2, -0.15) is 4.98 Å². The predicted molar refractivity (Wildman–Crippen MR) is 118 cm³/mol. The van der Waals surface area contributed by atoms with E-state index in [0.717, 1.165) is 24.7 Å². The van der Waals surface area contributed by atoms with Gasteiger partial charge in [-0.15, -0.1) is 24.0 Å². The Morgan fingerprint density at radius 2 is 2.14 bits per heavy atom. The van der Waals surface area contributed by atoms with Gasteiger partial charge in [-0.3, -0.25) is 4.99 Å². The molecule has 1 amide bonds. The second-order valence-corrected chi connectivity index (χ2v) is 8.00. The van der Waals surface area contributed by atoms with Crippen molar-refractivity contribution in [3.63, 3.8) is 0 Å². The second kappa shape index (κ2) is 10.8. The molecule has 1 atom stereocenters. The van der Waals surface area contributed by atoms with Gasteiger partial charge in [-0.05, 0) is 27.2 Å². The number of aromatic nitrogens is 2. The average Bonchev–Trinajstić information content (AvgIpc) is 3.19. The molecular weight excluding hydrogens is 475 g/mol. The fraction of sp³-hybridized carbons (Fsp3) is 0.778. The summed E-state index contributed by atoms with van der Waals surface area (Å²) >= 11 is 0. The molecule has 0 aliphatic carbocycles. The Labute approximate surface area is 184 Å². The van der Waals surface area contributed by atoms with E-state index in [1.165, 1.54) is 0 Å². The Morgan fingerprint density at radius 1 is 1.43 bits per heavy atom. The maximum absolute atomic E-state index is 11.9. The van der Waals surface area contributed by atoms with E-state index in [2.05, 4.69) is 30.7 Å². The molecule has 0 bridgehead atoms. The molecule has 2 N–H and O–H groups in total. The minimum Gasteiger partial charge on any atom is -0.444 e. The van der Waals surface area contributed by atoms with Crippen molar-refractivity contribution in [2.24, 2.45) is 4.99 Å². The van der Waals surface area contributed by atoms with Gasteiger partial charge in [0.25, 0.3) is 0 Å². The van der Waals surface area contributed by atoms with Crippen LogP contribution in [0.25, 0.3) is 0 Å². The SMILES string of the molecule is CN=C(NCCc1nc(C(C)C)no1)N1CCC(NC(=O)OC(C)(C)C)C1.I. The topological polar surface area (TPSA) is 105 Å². The van der Waals surface area contributed by atoms with Crippen molar-refractivity contribution in [1.29, 1.82) is 0 Å². The van der Waals surface area contributed by atoms with Gasteiger partial charge in [-0.1, -0.05) is 19.0 Å². The number of aliphatic imine (C=N–C) groups is 1. The van der Waals surface area contributed by atoms with E-state index in [4.69, 9.17) is 9.26 Å². The van der Waals surface area contributed by atoms with Crippen molar-refractivity contribution in [1.82, 2.24) is 25.7 Å². The second-order valence-electron chi connectivity index (χ2n) is 8.00. The van der Waals surface area contributed by atoms with Crippen molar-refractivity contribution in [2.45, 2.75) is 65.0 Å². The molecule has 1 saturated heterocycles. The highest BCUT2D eigenvalue weighted by Gasteiger charge is 2.27. The third kappa shape index (κ3) is 7.80. The van der Waals surface area contributed by atoms with E-state index in [9.17, 15) is 4.79 Å². The van der Waals surface area contributed by atoms with Crippen LogP contribution in [0.5, 0.6) is 0 Å². The number of ether oxygens (including phenoxy) is 1. The number of carbonyl (C=O) groups excluding carboxylic acids is 1. The molecule has 9 nitrogen and oxygen atoms in total. The third-order valence-corrected chi connectivity index (χ3v) is 4.04. The number of hydrogen-bond donors (Lipinski definition) is 2. The summed E-state index contributed by atoms with van der Waals surface area (Å²) in [6, 6.07) is 0.0444. The lowest BCUT2D eigenvalue weighted by Crippen LogP contribution is -2.44. The van der Waals surface area contributed by atoms with E-state index >= 15 is 0 Å². The first-order valence-corrected chi connectivity index (χ1v) is 9.45. The van der Waals surface area contributed by atoms with Crippen LogP contribution in [0.4, 0.5) is 4.79 Å². The molecular formula is C18H33IN6O3. The number of nitrogens with one attached hydrogen (secondary N) is 2. The van der Waals surface area contributed by atoms with Gasteiger partial charge in [0.1, 0.15) is 5.60 Å². The molecule has 160 valence electrons. The molecule has 0 radical (unpaired) electrons. The molecule has 1 aliphatic heterocycles. The molecule has 1 fully saturated rings. The maximum atomic E-state index is 11.9. The number of carbonyl (C=O) groups is 1. The molecule has 1 aromatic heterocycles. The van der Waals surface area contributed by atoms with E-state index in [1.54, 1.807) is 7.05 Å². The van der Waals surface area contributed by atoms with Crippen molar-refractivity contribution in [3.8, 4) is 0 Å². The molecule has 0 spiro atoms. The lowest BCUT2D eigenvalue weighted by molar-refractivity contribution is 0.0507. The molecule has 2 rings (SSSR count). The fourth-order valence-electron chi connectivity index (χ4n) is 2.76. The minimum atomic E-state index is -0.496. The summed E-state index contributed by atoms with van der Waals surface area (Å²) in [6.45, 7) is 11.8. The number of nitrogens with zero attached hydrogens (tertiary/aromatic N) is 4. The zero-order valence-electron chi connectivity index (χ0n) is 17.6. The van der Waals surface area contributed by atoms with Crippen molar-refractivity contribution in [2.75, 3.05) is 26.7 Å². The smallest absolute Gasteiger partial charge is 0.407 e. The van der Waals surface area contributed by atoms with Crippen LogP contribution in [0.3, 0.4) is 0 Å². The molecule has 28 heavy (non-hydrogen) atoms. The van der Waals surface area contributed by atoms with Gasteiger partial charge in [0.15, 0.2) is 11.8 Å². The van der Waals surface area contributed by atoms with Crippen molar-refractivity contribution in [3.05, 3.63) is 11.7 Å². The predicted octanol–water partition coefficient (Wildman–Crippen LogP) is 2.53. The monoisotopic (exact) mass is 508 g/mol. The number of hydrogen-bond acceptors (Lipinski definition) is 6. The van der Waals surface area contributed by atoms with Crippen molar-refractivity contribution >= 4 is 36.0 Å². The number of guanidine groups is 1. The summed E-state index contributed by atoms with van der Waals surface area (Å²) in [5.74, 6) is 2.40. The number of rotatable bonds is 5. The molecule has 2 heterocycles. The van der Waals surface area contributed by atoms with E-state index in [0.29, 0.717) is 25.4 Å². The van der Waals surface area contributed by atoms with Crippen LogP contribution < -0.4 is 10.6 Å². The van der Waals surface area contributed by atoms with Crippen LogP contribution >= 0.6 is 24.0 Å². The first-order valence-electron chi connectivity index (χ1n) is 9.45. The van der Waals surface area contributed by atoms with E-state index in [1.807, 2.05) is 34.6 Å². The summed E-state index contributed by atoms with van der Waals surface area (Å²) in [5, 5.41) is 10.2. The number of amides is 1. The maximum Gasteiger partial charge on any atom is 0.407 e. The molecule has 0 saturated carbocycles. The van der Waals surface area contributed by atoms with Crippen LogP contribution in [-0.2, 0) is 11.2 Å². The molecule has 0 aromatic carbocycles. The summed E-state index contributed by atoms with van der Waals surface area (Å²) in [4.78, 5) is 22.7. The van der Waals surface area contributed by atoms with Crippen LogP contribution in [0.1, 0.15) is 58.7 Å². The summed E-state index contributed by atoms with van der Waals surface area (Å²) in [6.07, 6.45) is 1.10. The average molecular weight is 508 g/mol. The highest BCUT2D eigenvalue weighted by Crippen LogP contribution is 2.12. The highest BCUT2D eigenvalue weighted by molar-refractivity contribution is 14.0. The van der Waals surface area contributed by atoms with Crippen LogP contribution in [0.15, 0.2) is 9.52 Å². The summed E-state index contributed by atoms with van der Waals surface area (Å²) in [7, 11) is 1.75. The van der Waals surface area contributed by atoms with Gasteiger partial charge >= 0.3 is 6.09 Å². The number of halogens is 1. The van der Waals surface area contributed by atoms with E-state index in [-0.39, 0.29) is 42.0 Å². The third-order valence-electron chi connectivity index (χ3n) is 4.04. The summed E-state index contributed by atoms with van der Waals surface area (Å²) < 4.78 is 10.6. The molecule has 10 heteroatoms. The quantitative estimate of drug-likeness (QED) is 0.358.